The molecular formula is C21H23ClN4O5. The zero-order valence-electron chi connectivity index (χ0n) is 17.0. The molecule has 164 valence electrons. The van der Waals surface area contributed by atoms with Gasteiger partial charge >= 0.3 is 0 Å². The lowest BCUT2D eigenvalue weighted by molar-refractivity contribution is -0.384. The molecule has 2 aromatic carbocycles. The number of anilines is 3. The summed E-state index contributed by atoms with van der Waals surface area (Å²) >= 11 is 6.23. The molecule has 0 radical (unpaired) electrons. The van der Waals surface area contributed by atoms with Crippen molar-refractivity contribution >= 4 is 46.2 Å². The highest BCUT2D eigenvalue weighted by atomic mass is 35.5. The van der Waals surface area contributed by atoms with Crippen molar-refractivity contribution in [2.45, 2.75) is 19.8 Å². The van der Waals surface area contributed by atoms with Crippen molar-refractivity contribution in [3.8, 4) is 0 Å². The second kappa shape index (κ2) is 10.2. The van der Waals surface area contributed by atoms with Crippen LogP contribution in [0.15, 0.2) is 36.4 Å². The van der Waals surface area contributed by atoms with E-state index in [-0.39, 0.29) is 22.2 Å². The smallest absolute Gasteiger partial charge is 0.270 e. The van der Waals surface area contributed by atoms with Crippen LogP contribution in [0.25, 0.3) is 0 Å². The van der Waals surface area contributed by atoms with Crippen molar-refractivity contribution < 1.29 is 19.2 Å². The number of nitrogens with one attached hydrogen (secondary N) is 2. The van der Waals surface area contributed by atoms with Gasteiger partial charge in [-0.3, -0.25) is 19.7 Å². The van der Waals surface area contributed by atoms with Gasteiger partial charge in [0.05, 0.1) is 40.1 Å². The summed E-state index contributed by atoms with van der Waals surface area (Å²) in [5, 5.41) is 17.0. The second-order valence-corrected chi connectivity index (χ2v) is 7.41. The normalized spacial score (nSPS) is 13.5. The lowest BCUT2D eigenvalue weighted by atomic mass is 10.1. The summed E-state index contributed by atoms with van der Waals surface area (Å²) in [4.78, 5) is 37.6. The molecule has 0 aromatic heterocycles. The van der Waals surface area contributed by atoms with Crippen molar-refractivity contribution in [1.82, 2.24) is 0 Å². The Labute approximate surface area is 184 Å². The number of carbonyl (C=O) groups is 2. The lowest BCUT2D eigenvalue weighted by Crippen LogP contribution is -2.37. The van der Waals surface area contributed by atoms with E-state index in [1.54, 1.807) is 24.3 Å². The van der Waals surface area contributed by atoms with Gasteiger partial charge in [-0.25, -0.2) is 0 Å². The van der Waals surface area contributed by atoms with Crippen molar-refractivity contribution in [2.24, 2.45) is 0 Å². The number of hydrogen-bond donors (Lipinski definition) is 2. The topological polar surface area (TPSA) is 114 Å². The van der Waals surface area contributed by atoms with E-state index in [1.165, 1.54) is 12.1 Å². The fourth-order valence-corrected chi connectivity index (χ4v) is 3.40. The van der Waals surface area contributed by atoms with E-state index in [0.29, 0.717) is 56.2 Å². The number of hydrogen-bond acceptors (Lipinski definition) is 6. The summed E-state index contributed by atoms with van der Waals surface area (Å²) < 4.78 is 5.35. The first-order chi connectivity index (χ1) is 14.9. The van der Waals surface area contributed by atoms with E-state index in [2.05, 4.69) is 10.6 Å². The Kier molecular flexibility index (Phi) is 7.43. The first kappa shape index (κ1) is 22.5. The molecule has 1 heterocycles. The Bertz CT molecular complexity index is 992. The molecule has 2 aromatic rings. The van der Waals surface area contributed by atoms with Gasteiger partial charge in [0, 0.05) is 37.3 Å². The van der Waals surface area contributed by atoms with E-state index in [4.69, 9.17) is 16.3 Å². The molecule has 1 aliphatic heterocycles. The van der Waals surface area contributed by atoms with E-state index in [1.807, 2.05) is 11.8 Å². The average molecular weight is 447 g/mol. The van der Waals surface area contributed by atoms with E-state index < -0.39 is 10.8 Å². The van der Waals surface area contributed by atoms with Crippen LogP contribution in [0, 0.1) is 10.1 Å². The summed E-state index contributed by atoms with van der Waals surface area (Å²) in [7, 11) is 0. The van der Waals surface area contributed by atoms with Crippen LogP contribution < -0.4 is 15.5 Å². The number of morpholine rings is 1. The fourth-order valence-electron chi connectivity index (χ4n) is 3.24. The number of benzene rings is 2. The Morgan fingerprint density at radius 2 is 1.90 bits per heavy atom. The quantitative estimate of drug-likeness (QED) is 0.489. The third-order valence-corrected chi connectivity index (χ3v) is 5.09. The summed E-state index contributed by atoms with van der Waals surface area (Å²) in [6.45, 7) is 4.04. The molecule has 1 saturated heterocycles. The van der Waals surface area contributed by atoms with E-state index in [9.17, 15) is 19.7 Å². The maximum absolute atomic E-state index is 13.1. The number of nitro groups is 1. The first-order valence-electron chi connectivity index (χ1n) is 9.91. The van der Waals surface area contributed by atoms with Crippen LogP contribution in [0.1, 0.15) is 30.1 Å². The van der Waals surface area contributed by atoms with Crippen LogP contribution in [0.5, 0.6) is 0 Å². The zero-order valence-corrected chi connectivity index (χ0v) is 17.8. The number of ether oxygens (including phenoxy) is 1. The van der Waals surface area contributed by atoms with Gasteiger partial charge in [-0.1, -0.05) is 18.5 Å². The van der Waals surface area contributed by atoms with Gasteiger partial charge in [0.2, 0.25) is 5.91 Å². The highest BCUT2D eigenvalue weighted by molar-refractivity contribution is 6.34. The van der Waals surface area contributed by atoms with Gasteiger partial charge in [0.15, 0.2) is 0 Å². The Morgan fingerprint density at radius 3 is 2.58 bits per heavy atom. The molecule has 0 aliphatic carbocycles. The lowest BCUT2D eigenvalue weighted by Gasteiger charge is -2.30. The molecule has 3 rings (SSSR count). The summed E-state index contributed by atoms with van der Waals surface area (Å²) in [6.07, 6.45) is 1.08. The molecule has 1 fully saturated rings. The number of nitro benzene ring substituents is 1. The molecule has 0 bridgehead atoms. The standard InChI is InChI=1S/C21H23ClN4O5/c1-2-3-20(27)23-14-4-6-17(22)18(12-14)24-21(28)16-13-15(26(29)30)5-7-19(16)25-8-10-31-11-9-25/h4-7,12-13H,2-3,8-11H2,1H3,(H,23,27)(H,24,28). The maximum Gasteiger partial charge on any atom is 0.270 e. The monoisotopic (exact) mass is 446 g/mol. The Balaban J connectivity index is 1.89. The Morgan fingerprint density at radius 1 is 1.16 bits per heavy atom. The third kappa shape index (κ3) is 5.71. The number of nitrogens with zero attached hydrogens (tertiary/aromatic N) is 2. The zero-order chi connectivity index (χ0) is 22.4. The van der Waals surface area contributed by atoms with Crippen molar-refractivity contribution in [3.63, 3.8) is 0 Å². The highest BCUT2D eigenvalue weighted by Crippen LogP contribution is 2.30. The van der Waals surface area contributed by atoms with Crippen molar-refractivity contribution in [2.75, 3.05) is 41.8 Å². The van der Waals surface area contributed by atoms with Gasteiger partial charge in [0.1, 0.15) is 0 Å². The Hall–Kier alpha value is -3.17. The molecule has 31 heavy (non-hydrogen) atoms. The van der Waals surface area contributed by atoms with Gasteiger partial charge in [-0.2, -0.15) is 0 Å². The number of amides is 2. The number of halogens is 1. The summed E-state index contributed by atoms with van der Waals surface area (Å²) in [5.41, 5.74) is 1.34. The summed E-state index contributed by atoms with van der Waals surface area (Å²) in [6, 6.07) is 8.95. The minimum Gasteiger partial charge on any atom is -0.378 e. The van der Waals surface area contributed by atoms with Crippen LogP contribution in [-0.2, 0) is 9.53 Å². The first-order valence-corrected chi connectivity index (χ1v) is 10.3. The van der Waals surface area contributed by atoms with Gasteiger partial charge in [-0.15, -0.1) is 0 Å². The molecule has 0 unspecified atom stereocenters. The molecule has 0 atom stereocenters. The molecule has 1 aliphatic rings. The van der Waals surface area contributed by atoms with Crippen LogP contribution in [0.2, 0.25) is 5.02 Å². The van der Waals surface area contributed by atoms with E-state index >= 15 is 0 Å². The van der Waals surface area contributed by atoms with Crippen LogP contribution in [0.4, 0.5) is 22.7 Å². The van der Waals surface area contributed by atoms with Crippen molar-refractivity contribution in [3.05, 3.63) is 57.1 Å². The molecule has 2 amide bonds. The average Bonchev–Trinajstić information content (AvgIpc) is 2.76. The highest BCUT2D eigenvalue weighted by Gasteiger charge is 2.22. The SMILES string of the molecule is CCCC(=O)Nc1ccc(Cl)c(NC(=O)c2cc([N+](=O)[O-])ccc2N2CCOCC2)c1. The number of carbonyl (C=O) groups excluding carboxylic acids is 2. The molecule has 2 N–H and O–H groups in total. The summed E-state index contributed by atoms with van der Waals surface area (Å²) in [5.74, 6) is -0.681. The largest absolute Gasteiger partial charge is 0.378 e. The maximum atomic E-state index is 13.1. The molecule has 0 spiro atoms. The predicted molar refractivity (Wildman–Crippen MR) is 119 cm³/mol. The van der Waals surface area contributed by atoms with Gasteiger partial charge < -0.3 is 20.3 Å². The second-order valence-electron chi connectivity index (χ2n) is 7.00. The molecular weight excluding hydrogens is 424 g/mol. The van der Waals surface area contributed by atoms with Crippen LogP contribution >= 0.6 is 11.6 Å². The number of rotatable bonds is 7. The van der Waals surface area contributed by atoms with E-state index in [0.717, 1.165) is 0 Å². The van der Waals surface area contributed by atoms with Gasteiger partial charge in [-0.05, 0) is 30.7 Å². The molecule has 0 saturated carbocycles. The van der Waals surface area contributed by atoms with Gasteiger partial charge in [0.25, 0.3) is 11.6 Å². The van der Waals surface area contributed by atoms with Crippen LogP contribution in [0.3, 0.4) is 0 Å². The number of non-ortho nitro benzene ring substituents is 1. The minimum absolute atomic E-state index is 0.143. The predicted octanol–water partition coefficient (Wildman–Crippen LogP) is 4.08. The molecule has 9 nitrogen and oxygen atoms in total. The fraction of sp³-hybridized carbons (Fsp3) is 0.333. The van der Waals surface area contributed by atoms with Crippen LogP contribution in [-0.4, -0.2) is 43.0 Å². The minimum atomic E-state index is -0.545. The van der Waals surface area contributed by atoms with Crippen molar-refractivity contribution in [1.29, 1.82) is 0 Å². The molecule has 10 heteroatoms. The third-order valence-electron chi connectivity index (χ3n) is 4.76.